The average molecular weight is 573 g/mol. The minimum atomic E-state index is -8.94. The molecule has 0 saturated heterocycles. The van der Waals surface area contributed by atoms with E-state index in [0.717, 1.165) is 6.92 Å². The molecule has 0 aliphatic rings. The summed E-state index contributed by atoms with van der Waals surface area (Å²) < 4.78 is 255. The summed E-state index contributed by atoms with van der Waals surface area (Å²) in [4.78, 5) is 0. The van der Waals surface area contributed by atoms with E-state index >= 15 is 0 Å². The van der Waals surface area contributed by atoms with Crippen molar-refractivity contribution in [2.45, 2.75) is 66.7 Å². The van der Waals surface area contributed by atoms with Gasteiger partial charge in [-0.1, -0.05) is 13.3 Å². The van der Waals surface area contributed by atoms with Crippen LogP contribution >= 0.6 is 0 Å². The number of nitrogens with zero attached hydrogens (tertiary/aromatic N) is 1. The van der Waals surface area contributed by atoms with Gasteiger partial charge >= 0.3 is 57.0 Å². The van der Waals surface area contributed by atoms with Crippen molar-refractivity contribution in [2.24, 2.45) is 0 Å². The second kappa shape index (κ2) is 8.64. The first-order valence-corrected chi connectivity index (χ1v) is 9.32. The molecule has 0 radical (unpaired) electrons. The normalized spacial score (nSPS) is 16.4. The molecule has 0 rings (SSSR count). The largest absolute Gasteiger partial charge is 0.460 e. The molecule has 0 spiro atoms. The molecule has 0 aliphatic heterocycles. The smallest absolute Gasteiger partial charge is 0.203 e. The predicted octanol–water partition coefficient (Wildman–Crippen LogP) is 6.27. The van der Waals surface area contributed by atoms with Gasteiger partial charge < -0.3 is 0 Å². The minimum absolute atomic E-state index is 0.305. The Morgan fingerprint density at radius 3 is 1.15 bits per heavy atom. The average Bonchev–Trinajstić information content (AvgIpc) is 2.63. The van der Waals surface area contributed by atoms with Crippen molar-refractivity contribution in [1.82, 2.24) is 4.53 Å². The van der Waals surface area contributed by atoms with Crippen LogP contribution in [0.5, 0.6) is 0 Å². The maximum atomic E-state index is 13.6. The standard InChI is InChI=1S/C12H9F18NO2S/c1-2-3-4-31(30)34(32,33)12(28,29)10(23,24)8(19,20)6(15,16)5(13,14)7(17,18)9(21,22)11(25,26)27/h2-4H2,1H3. The molecule has 22 heteroatoms. The third kappa shape index (κ3) is 4.14. The summed E-state index contributed by atoms with van der Waals surface area (Å²) in [7, 11) is -7.84. The number of rotatable bonds is 11. The van der Waals surface area contributed by atoms with Crippen LogP contribution < -0.4 is 0 Å². The molecule has 0 heterocycles. The number of halogens is 18. The van der Waals surface area contributed by atoms with Gasteiger partial charge in [0, 0.05) is 6.54 Å². The van der Waals surface area contributed by atoms with E-state index in [0.29, 0.717) is 0 Å². The Kier molecular flexibility index (Phi) is 8.30. The van der Waals surface area contributed by atoms with Crippen LogP contribution in [0.15, 0.2) is 0 Å². The number of sulfonamides is 1. The lowest BCUT2D eigenvalue weighted by molar-refractivity contribution is -0.458. The van der Waals surface area contributed by atoms with Crippen molar-refractivity contribution in [2.75, 3.05) is 6.54 Å². The summed E-state index contributed by atoms with van der Waals surface area (Å²) in [6.07, 6.45) is -9.03. The molecule has 0 saturated carbocycles. The fourth-order valence-corrected chi connectivity index (χ4v) is 2.91. The zero-order chi connectivity index (χ0) is 28.2. The van der Waals surface area contributed by atoms with Crippen molar-refractivity contribution < 1.29 is 87.5 Å². The van der Waals surface area contributed by atoms with Gasteiger partial charge in [-0.2, -0.15) is 74.6 Å². The fourth-order valence-electron chi connectivity index (χ4n) is 1.84. The lowest BCUT2D eigenvalue weighted by atomic mass is 9.91. The molecule has 0 N–H and O–H groups in total. The van der Waals surface area contributed by atoms with Gasteiger partial charge in [0.25, 0.3) is 0 Å². The van der Waals surface area contributed by atoms with E-state index in [-0.39, 0.29) is 6.42 Å². The summed E-state index contributed by atoms with van der Waals surface area (Å²) in [6.45, 7) is -0.751. The molecule has 3 nitrogen and oxygen atoms in total. The van der Waals surface area contributed by atoms with Crippen molar-refractivity contribution in [3.05, 3.63) is 0 Å². The number of unbranched alkanes of at least 4 members (excludes halogenated alkanes) is 1. The minimum Gasteiger partial charge on any atom is -0.203 e. The van der Waals surface area contributed by atoms with Crippen molar-refractivity contribution in [3.63, 3.8) is 0 Å². The van der Waals surface area contributed by atoms with Gasteiger partial charge in [0.05, 0.1) is 0 Å². The first-order chi connectivity index (χ1) is 14.5. The highest BCUT2D eigenvalue weighted by molar-refractivity contribution is 7.90. The molecule has 0 unspecified atom stereocenters. The van der Waals surface area contributed by atoms with Gasteiger partial charge in [-0.05, 0) is 10.9 Å². The molecule has 0 aliphatic carbocycles. The molecule has 0 amide bonds. The SMILES string of the molecule is CCCCN(F)S(=O)(=O)C(F)(F)C(F)(F)C(F)(F)C(F)(F)C(F)(F)C(F)(F)C(F)(F)C(F)(F)F. The van der Waals surface area contributed by atoms with Gasteiger partial charge in [-0.3, -0.25) is 0 Å². The van der Waals surface area contributed by atoms with Crippen LogP contribution in [0.2, 0.25) is 0 Å². The molecule has 0 bridgehead atoms. The lowest BCUT2D eigenvalue weighted by Crippen LogP contribution is -2.75. The highest BCUT2D eigenvalue weighted by Gasteiger charge is 2.96. The molecule has 206 valence electrons. The predicted molar refractivity (Wildman–Crippen MR) is 72.3 cm³/mol. The molecular weight excluding hydrogens is 564 g/mol. The number of alkyl halides is 17. The van der Waals surface area contributed by atoms with Gasteiger partial charge in [0.1, 0.15) is 0 Å². The summed E-state index contributed by atoms with van der Waals surface area (Å²) in [6, 6.07) is 0. The van der Waals surface area contributed by atoms with Crippen LogP contribution in [0.3, 0.4) is 0 Å². The highest BCUT2D eigenvalue weighted by Crippen LogP contribution is 2.64. The van der Waals surface area contributed by atoms with Gasteiger partial charge in [-0.15, -0.1) is 4.48 Å². The Bertz CT molecular complexity index is 832. The molecule has 34 heavy (non-hydrogen) atoms. The van der Waals surface area contributed by atoms with Crippen LogP contribution in [-0.4, -0.2) is 66.5 Å². The van der Waals surface area contributed by atoms with Gasteiger partial charge in [0.15, 0.2) is 0 Å². The Morgan fingerprint density at radius 2 is 0.853 bits per heavy atom. The van der Waals surface area contributed by atoms with Gasteiger partial charge in [-0.25, -0.2) is 8.42 Å². The summed E-state index contributed by atoms with van der Waals surface area (Å²) in [5.41, 5.74) is 0. The first-order valence-electron chi connectivity index (χ1n) is 7.88. The zero-order valence-corrected chi connectivity index (χ0v) is 16.4. The topological polar surface area (TPSA) is 37.4 Å². The maximum Gasteiger partial charge on any atom is 0.460 e. The van der Waals surface area contributed by atoms with E-state index in [2.05, 4.69) is 0 Å². The van der Waals surface area contributed by atoms with E-state index in [1.54, 1.807) is 0 Å². The van der Waals surface area contributed by atoms with Gasteiger partial charge in [0.2, 0.25) is 0 Å². The highest BCUT2D eigenvalue weighted by atomic mass is 32.2. The molecule has 0 aromatic rings. The Morgan fingerprint density at radius 1 is 0.559 bits per heavy atom. The van der Waals surface area contributed by atoms with E-state index < -0.39 is 74.5 Å². The number of hydrogen-bond donors (Lipinski definition) is 0. The van der Waals surface area contributed by atoms with E-state index in [9.17, 15) is 87.5 Å². The first kappa shape index (κ1) is 32.7. The second-order valence-corrected chi connectivity index (χ2v) is 8.19. The quantitative estimate of drug-likeness (QED) is 0.216. The third-order valence-electron chi connectivity index (χ3n) is 3.97. The molecule has 0 atom stereocenters. The summed E-state index contributed by atoms with van der Waals surface area (Å²) >= 11 is 0. The third-order valence-corrected chi connectivity index (χ3v) is 5.57. The molecule has 0 aromatic carbocycles. The Balaban J connectivity index is 6.89. The van der Waals surface area contributed by atoms with Crippen LogP contribution in [0.25, 0.3) is 0 Å². The summed E-state index contributed by atoms with van der Waals surface area (Å²) in [5, 5.41) is -7.87. The van der Waals surface area contributed by atoms with Crippen LogP contribution in [0, 0.1) is 0 Å². The Labute approximate surface area is 176 Å². The Hall–Kier alpha value is -1.35. The van der Waals surface area contributed by atoms with Crippen LogP contribution in [0.1, 0.15) is 19.8 Å². The summed E-state index contributed by atoms with van der Waals surface area (Å²) in [5.74, 6) is -52.2. The fraction of sp³-hybridized carbons (Fsp3) is 1.00. The van der Waals surface area contributed by atoms with Crippen molar-refractivity contribution in [3.8, 4) is 0 Å². The number of hydrogen-bond acceptors (Lipinski definition) is 2. The van der Waals surface area contributed by atoms with E-state index in [1.165, 1.54) is 0 Å². The second-order valence-electron chi connectivity index (χ2n) is 6.33. The zero-order valence-electron chi connectivity index (χ0n) is 15.6. The maximum absolute atomic E-state index is 13.6. The van der Waals surface area contributed by atoms with Crippen LogP contribution in [-0.2, 0) is 10.0 Å². The monoisotopic (exact) mass is 573 g/mol. The lowest BCUT2D eigenvalue weighted by Gasteiger charge is -2.42. The molecule has 0 aromatic heterocycles. The van der Waals surface area contributed by atoms with E-state index in [4.69, 9.17) is 0 Å². The molecular formula is C12H9F18NO2S. The van der Waals surface area contributed by atoms with Crippen LogP contribution in [0.4, 0.5) is 79.1 Å². The van der Waals surface area contributed by atoms with Crippen molar-refractivity contribution in [1.29, 1.82) is 0 Å². The van der Waals surface area contributed by atoms with E-state index in [1.807, 2.05) is 0 Å². The molecule has 0 fully saturated rings. The van der Waals surface area contributed by atoms with Crippen molar-refractivity contribution >= 4 is 10.0 Å².